The highest BCUT2D eigenvalue weighted by atomic mass is 35.5. The van der Waals surface area contributed by atoms with Crippen molar-refractivity contribution in [3.8, 4) is 32.6 Å². The van der Waals surface area contributed by atoms with E-state index in [0.29, 0.717) is 43.7 Å². The summed E-state index contributed by atoms with van der Waals surface area (Å²) >= 11 is 14.1. The molecule has 180 valence electrons. The molecule has 0 amide bonds. The van der Waals surface area contributed by atoms with Crippen LogP contribution in [-0.2, 0) is 6.61 Å². The van der Waals surface area contributed by atoms with E-state index in [-0.39, 0.29) is 11.7 Å². The smallest absolute Gasteiger partial charge is 0.489 e. The van der Waals surface area contributed by atoms with Crippen LogP contribution in [0.4, 0.5) is 4.79 Å². The van der Waals surface area contributed by atoms with Crippen LogP contribution in [0.2, 0.25) is 10.0 Å². The van der Waals surface area contributed by atoms with E-state index < -0.39 is 6.16 Å². The predicted molar refractivity (Wildman–Crippen MR) is 134 cm³/mol. The first-order chi connectivity index (χ1) is 16.8. The number of nitrogens with zero attached hydrogens (tertiary/aromatic N) is 2. The molecule has 1 aliphatic carbocycles. The van der Waals surface area contributed by atoms with Crippen LogP contribution in [0.5, 0.6) is 10.8 Å². The first kappa shape index (κ1) is 23.7. The van der Waals surface area contributed by atoms with Crippen LogP contribution in [0.15, 0.2) is 40.9 Å². The van der Waals surface area contributed by atoms with E-state index in [2.05, 4.69) is 10.1 Å². The summed E-state index contributed by atoms with van der Waals surface area (Å²) in [4.78, 5) is 15.3. The number of aromatic nitrogens is 2. The molecular weight excluding hydrogens is 511 g/mol. The average Bonchev–Trinajstić information content (AvgIpc) is 3.47. The number of carboxylic acid groups (broad SMARTS) is 1. The molecule has 10 heteroatoms. The van der Waals surface area contributed by atoms with Crippen molar-refractivity contribution < 1.29 is 23.9 Å². The Bertz CT molecular complexity index is 1410. The molecule has 2 aromatic carbocycles. The van der Waals surface area contributed by atoms with Gasteiger partial charge in [-0.05, 0) is 62.6 Å². The normalized spacial score (nSPS) is 13.1. The van der Waals surface area contributed by atoms with E-state index >= 15 is 0 Å². The third kappa shape index (κ3) is 4.87. The molecule has 35 heavy (non-hydrogen) atoms. The average molecular weight is 531 g/mol. The predicted octanol–water partition coefficient (Wildman–Crippen LogP) is 7.90. The van der Waals surface area contributed by atoms with Crippen molar-refractivity contribution in [3.63, 3.8) is 0 Å². The molecule has 2 heterocycles. The summed E-state index contributed by atoms with van der Waals surface area (Å²) in [7, 11) is 0. The second kappa shape index (κ2) is 9.53. The lowest BCUT2D eigenvalue weighted by Gasteiger charge is -2.11. The molecule has 0 spiro atoms. The molecule has 0 bridgehead atoms. The summed E-state index contributed by atoms with van der Waals surface area (Å²) in [6.07, 6.45) is 0.736. The number of hydrogen-bond donors (Lipinski definition) is 1. The summed E-state index contributed by atoms with van der Waals surface area (Å²) in [6.45, 7) is 3.91. The van der Waals surface area contributed by atoms with Crippen LogP contribution in [0.25, 0.3) is 21.8 Å². The first-order valence-electron chi connectivity index (χ1n) is 10.9. The lowest BCUT2D eigenvalue weighted by molar-refractivity contribution is 0.145. The highest BCUT2D eigenvalue weighted by molar-refractivity contribution is 7.17. The second-order valence-corrected chi connectivity index (χ2v) is 10.0. The van der Waals surface area contributed by atoms with Crippen LogP contribution in [0, 0.1) is 13.8 Å². The van der Waals surface area contributed by atoms with Gasteiger partial charge in [-0.25, -0.2) is 9.78 Å². The number of hydrogen-bond acceptors (Lipinski definition) is 7. The molecule has 1 fully saturated rings. The fourth-order valence-electron chi connectivity index (χ4n) is 3.84. The maximum atomic E-state index is 10.9. The quantitative estimate of drug-likeness (QED) is 0.242. The molecule has 2 aromatic heterocycles. The van der Waals surface area contributed by atoms with Gasteiger partial charge in [0.2, 0.25) is 5.06 Å². The zero-order chi connectivity index (χ0) is 24.7. The number of ether oxygens (including phenoxy) is 2. The Morgan fingerprint density at radius 2 is 1.94 bits per heavy atom. The largest absolute Gasteiger partial charge is 0.512 e. The van der Waals surface area contributed by atoms with Crippen LogP contribution in [0.3, 0.4) is 0 Å². The zero-order valence-corrected chi connectivity index (χ0v) is 21.1. The Morgan fingerprint density at radius 3 is 2.60 bits per heavy atom. The van der Waals surface area contributed by atoms with Crippen molar-refractivity contribution in [1.29, 1.82) is 0 Å². The molecule has 1 saturated carbocycles. The highest BCUT2D eigenvalue weighted by Gasteiger charge is 2.33. The molecule has 4 aromatic rings. The van der Waals surface area contributed by atoms with Gasteiger partial charge in [0.15, 0.2) is 0 Å². The third-order valence-corrected chi connectivity index (χ3v) is 7.41. The molecule has 0 saturated heterocycles. The summed E-state index contributed by atoms with van der Waals surface area (Å²) in [5, 5.41) is 15.1. The van der Waals surface area contributed by atoms with Gasteiger partial charge in [0.1, 0.15) is 28.8 Å². The number of aryl methyl sites for hydroxylation is 2. The maximum absolute atomic E-state index is 10.9. The Labute approximate surface area is 215 Å². The number of halogens is 2. The van der Waals surface area contributed by atoms with Gasteiger partial charge in [-0.15, -0.1) is 0 Å². The summed E-state index contributed by atoms with van der Waals surface area (Å²) in [6, 6.07) is 11.0. The van der Waals surface area contributed by atoms with E-state index in [1.807, 2.05) is 25.1 Å². The third-order valence-electron chi connectivity index (χ3n) is 5.71. The van der Waals surface area contributed by atoms with Gasteiger partial charge in [-0.1, -0.05) is 45.8 Å². The van der Waals surface area contributed by atoms with E-state index in [1.165, 1.54) is 11.3 Å². The summed E-state index contributed by atoms with van der Waals surface area (Å²) in [5.41, 5.74) is 4.40. The Hall–Kier alpha value is -3.07. The molecule has 7 nitrogen and oxygen atoms in total. The van der Waals surface area contributed by atoms with Gasteiger partial charge in [0, 0.05) is 17.0 Å². The first-order valence-corrected chi connectivity index (χ1v) is 12.4. The molecule has 0 atom stereocenters. The second-order valence-electron chi connectivity index (χ2n) is 8.27. The number of carbonyl (C=O) groups is 1. The number of thiazole rings is 1. The van der Waals surface area contributed by atoms with E-state index in [4.69, 9.17) is 42.3 Å². The van der Waals surface area contributed by atoms with Gasteiger partial charge in [-0.3, -0.25) is 0 Å². The van der Waals surface area contributed by atoms with Crippen molar-refractivity contribution in [2.75, 3.05) is 0 Å². The lowest BCUT2D eigenvalue weighted by atomic mass is 10.0. The fourth-order valence-corrected chi connectivity index (χ4v) is 5.42. The molecule has 0 unspecified atom stereocenters. The number of benzene rings is 2. The van der Waals surface area contributed by atoms with E-state index in [0.717, 1.165) is 35.3 Å². The molecule has 0 aliphatic heterocycles. The minimum absolute atomic E-state index is 0.248. The van der Waals surface area contributed by atoms with Gasteiger partial charge in [-0.2, -0.15) is 0 Å². The monoisotopic (exact) mass is 530 g/mol. The Balaban J connectivity index is 1.40. The van der Waals surface area contributed by atoms with Gasteiger partial charge < -0.3 is 19.1 Å². The SMILES string of the molecule is Cc1cc(OCc2c(-c3c(Cl)cccc3Cl)noc2C2CC2)ccc1-c1nc(C)c(OC(=O)O)s1. The molecule has 0 radical (unpaired) electrons. The highest BCUT2D eigenvalue weighted by Crippen LogP contribution is 2.46. The van der Waals surface area contributed by atoms with Crippen LogP contribution >= 0.6 is 34.5 Å². The molecule has 1 aliphatic rings. The van der Waals surface area contributed by atoms with Crippen LogP contribution in [-0.4, -0.2) is 21.4 Å². The van der Waals surface area contributed by atoms with Crippen LogP contribution < -0.4 is 9.47 Å². The molecule has 1 N–H and O–H groups in total. The van der Waals surface area contributed by atoms with Crippen molar-refractivity contribution in [2.24, 2.45) is 0 Å². The minimum Gasteiger partial charge on any atom is -0.489 e. The van der Waals surface area contributed by atoms with Crippen molar-refractivity contribution in [2.45, 2.75) is 39.2 Å². The van der Waals surface area contributed by atoms with Gasteiger partial charge >= 0.3 is 6.16 Å². The fraction of sp³-hybridized carbons (Fsp3) is 0.240. The van der Waals surface area contributed by atoms with E-state index in [9.17, 15) is 4.79 Å². The van der Waals surface area contributed by atoms with Crippen molar-refractivity contribution >= 4 is 40.7 Å². The molecular formula is C25H20Cl2N2O5S. The lowest BCUT2D eigenvalue weighted by Crippen LogP contribution is -2.02. The van der Waals surface area contributed by atoms with Crippen LogP contribution in [0.1, 0.15) is 41.3 Å². The summed E-state index contributed by atoms with van der Waals surface area (Å²) < 4.78 is 16.7. The topological polar surface area (TPSA) is 94.7 Å². The Kier molecular flexibility index (Phi) is 6.44. The number of rotatable bonds is 7. The van der Waals surface area contributed by atoms with Gasteiger partial charge in [0.25, 0.3) is 0 Å². The van der Waals surface area contributed by atoms with Crippen molar-refractivity contribution in [3.05, 3.63) is 69.0 Å². The Morgan fingerprint density at radius 1 is 1.20 bits per heavy atom. The van der Waals surface area contributed by atoms with E-state index in [1.54, 1.807) is 25.1 Å². The summed E-state index contributed by atoms with van der Waals surface area (Å²) in [5.74, 6) is 1.81. The minimum atomic E-state index is -1.36. The zero-order valence-electron chi connectivity index (χ0n) is 18.8. The van der Waals surface area contributed by atoms with Gasteiger partial charge in [0.05, 0.1) is 21.3 Å². The molecule has 5 rings (SSSR count). The van der Waals surface area contributed by atoms with Crippen molar-refractivity contribution in [1.82, 2.24) is 10.1 Å². The maximum Gasteiger partial charge on any atom is 0.512 e. The standard InChI is InChI=1S/C25H20Cl2N2O5S/c1-12-10-15(8-9-16(12)23-28-13(2)24(35-23)33-25(30)31)32-11-17-21(29-34-22(17)14-6-7-14)20-18(26)4-3-5-19(20)27/h3-5,8-10,14H,6-7,11H2,1-2H3,(H,30,31).